The molecule has 48 heavy (non-hydrogen) atoms. The molecule has 10 heteroatoms. The van der Waals surface area contributed by atoms with E-state index >= 15 is 0 Å². The largest absolute Gasteiger partial charge is 0.491 e. The van der Waals surface area contributed by atoms with Gasteiger partial charge in [0.25, 0.3) is 5.56 Å². The molecule has 250 valence electrons. The van der Waals surface area contributed by atoms with Gasteiger partial charge >= 0.3 is 5.97 Å². The Labute approximate surface area is 283 Å². The number of fused-ring (bicyclic) bond motifs is 1. The lowest BCUT2D eigenvalue weighted by Crippen LogP contribution is -2.40. The predicted molar refractivity (Wildman–Crippen MR) is 185 cm³/mol. The van der Waals surface area contributed by atoms with Crippen LogP contribution in [0.2, 0.25) is 0 Å². The van der Waals surface area contributed by atoms with Crippen LogP contribution < -0.4 is 29.1 Å². The second-order valence-electron chi connectivity index (χ2n) is 11.4. The van der Waals surface area contributed by atoms with Crippen molar-refractivity contribution in [2.75, 3.05) is 13.2 Å². The Hall–Kier alpha value is -4.96. The molecule has 1 atom stereocenters. The second kappa shape index (κ2) is 15.3. The molecule has 2 heterocycles. The molecular formula is C38H39FN2O6S. The number of para-hydroxylation sites is 1. The summed E-state index contributed by atoms with van der Waals surface area (Å²) in [6.45, 7) is 13.8. The van der Waals surface area contributed by atoms with Crippen molar-refractivity contribution < 1.29 is 28.1 Å². The number of nitrogens with zero attached hydrogens (tertiary/aromatic N) is 2. The lowest BCUT2D eigenvalue weighted by atomic mass is 9.95. The van der Waals surface area contributed by atoms with Gasteiger partial charge in [0.2, 0.25) is 0 Å². The first-order valence-electron chi connectivity index (χ1n) is 15.9. The Morgan fingerprint density at radius 3 is 2.56 bits per heavy atom. The van der Waals surface area contributed by atoms with Crippen LogP contribution in [0.15, 0.2) is 94.4 Å². The van der Waals surface area contributed by atoms with E-state index in [9.17, 15) is 14.0 Å². The Morgan fingerprint density at radius 2 is 1.85 bits per heavy atom. The van der Waals surface area contributed by atoms with Gasteiger partial charge in [-0.25, -0.2) is 14.2 Å². The fourth-order valence-electron chi connectivity index (χ4n) is 5.59. The minimum Gasteiger partial charge on any atom is -0.491 e. The van der Waals surface area contributed by atoms with Crippen molar-refractivity contribution in [3.05, 3.63) is 132 Å². The number of carbonyl (C=O) groups excluding carboxylic acids is 1. The zero-order valence-corrected chi connectivity index (χ0v) is 28.6. The molecule has 0 saturated heterocycles. The number of carbonyl (C=O) groups is 1. The highest BCUT2D eigenvalue weighted by molar-refractivity contribution is 7.07. The lowest BCUT2D eigenvalue weighted by molar-refractivity contribution is -0.139. The Bertz CT molecular complexity index is 2040. The second-order valence-corrected chi connectivity index (χ2v) is 12.4. The molecule has 8 nitrogen and oxygen atoms in total. The van der Waals surface area contributed by atoms with E-state index in [2.05, 4.69) is 6.58 Å². The van der Waals surface area contributed by atoms with Crippen molar-refractivity contribution in [1.29, 1.82) is 0 Å². The van der Waals surface area contributed by atoms with E-state index in [1.54, 1.807) is 42.7 Å². The molecule has 1 aliphatic heterocycles. The van der Waals surface area contributed by atoms with Crippen molar-refractivity contribution in [3.63, 3.8) is 0 Å². The van der Waals surface area contributed by atoms with Crippen LogP contribution in [-0.2, 0) is 22.6 Å². The number of hydrogen-bond acceptors (Lipinski definition) is 8. The first kappa shape index (κ1) is 34.4. The first-order valence-corrected chi connectivity index (χ1v) is 16.7. The van der Waals surface area contributed by atoms with Crippen LogP contribution in [0.25, 0.3) is 6.08 Å². The van der Waals surface area contributed by atoms with E-state index in [-0.39, 0.29) is 36.3 Å². The summed E-state index contributed by atoms with van der Waals surface area (Å²) in [5, 5.41) is 0. The van der Waals surface area contributed by atoms with Crippen molar-refractivity contribution in [3.8, 4) is 17.2 Å². The van der Waals surface area contributed by atoms with Crippen LogP contribution in [0.5, 0.6) is 17.2 Å². The maximum Gasteiger partial charge on any atom is 0.338 e. The van der Waals surface area contributed by atoms with Gasteiger partial charge in [0.15, 0.2) is 16.3 Å². The third-order valence-electron chi connectivity index (χ3n) is 7.48. The van der Waals surface area contributed by atoms with E-state index < -0.39 is 12.0 Å². The number of esters is 1. The summed E-state index contributed by atoms with van der Waals surface area (Å²) >= 11 is 1.23. The van der Waals surface area contributed by atoms with Crippen LogP contribution >= 0.6 is 11.3 Å². The number of benzene rings is 3. The molecule has 0 amide bonds. The van der Waals surface area contributed by atoms with E-state index in [0.29, 0.717) is 62.0 Å². The van der Waals surface area contributed by atoms with E-state index in [4.69, 9.17) is 23.9 Å². The van der Waals surface area contributed by atoms with Crippen LogP contribution in [0.1, 0.15) is 62.9 Å². The van der Waals surface area contributed by atoms with Crippen molar-refractivity contribution in [2.24, 2.45) is 4.99 Å². The molecular weight excluding hydrogens is 631 g/mol. The summed E-state index contributed by atoms with van der Waals surface area (Å²) < 4.78 is 39.5. The van der Waals surface area contributed by atoms with Crippen molar-refractivity contribution in [2.45, 2.75) is 59.8 Å². The van der Waals surface area contributed by atoms with Gasteiger partial charge in [-0.3, -0.25) is 9.36 Å². The van der Waals surface area contributed by atoms with E-state index in [0.717, 1.165) is 5.56 Å². The number of ether oxygens (including phenoxy) is 4. The molecule has 0 fully saturated rings. The van der Waals surface area contributed by atoms with Gasteiger partial charge in [-0.1, -0.05) is 47.7 Å². The number of allylic oxidation sites excluding steroid dienone is 2. The number of thiazole rings is 1. The van der Waals surface area contributed by atoms with Gasteiger partial charge in [0, 0.05) is 11.1 Å². The number of hydrogen-bond donors (Lipinski definition) is 0. The summed E-state index contributed by atoms with van der Waals surface area (Å²) in [6.07, 6.45) is 3.87. The summed E-state index contributed by atoms with van der Waals surface area (Å²) in [6, 6.07) is 16.6. The molecule has 0 saturated carbocycles. The highest BCUT2D eigenvalue weighted by Gasteiger charge is 2.35. The fourth-order valence-corrected chi connectivity index (χ4v) is 6.63. The molecule has 0 N–H and O–H groups in total. The van der Waals surface area contributed by atoms with E-state index in [1.807, 2.05) is 57.2 Å². The fraction of sp³-hybridized carbons (Fsp3) is 0.289. The zero-order chi connectivity index (χ0) is 34.4. The third kappa shape index (κ3) is 7.44. The Morgan fingerprint density at radius 1 is 1.06 bits per heavy atom. The quantitative estimate of drug-likeness (QED) is 0.120. The molecule has 0 radical (unpaired) electrons. The topological polar surface area (TPSA) is 88.4 Å². The molecule has 4 aromatic rings. The predicted octanol–water partition coefficient (Wildman–Crippen LogP) is 6.43. The van der Waals surface area contributed by atoms with E-state index in [1.165, 1.54) is 23.5 Å². The monoisotopic (exact) mass is 670 g/mol. The minimum absolute atomic E-state index is 0.136. The molecule has 1 aliphatic rings. The summed E-state index contributed by atoms with van der Waals surface area (Å²) in [5.74, 6) is 0.697. The van der Waals surface area contributed by atoms with Gasteiger partial charge in [-0.2, -0.15) is 0 Å². The maximum atomic E-state index is 14.3. The molecule has 0 bridgehead atoms. The Kier molecular flexibility index (Phi) is 11.0. The Balaban J connectivity index is 1.65. The third-order valence-corrected chi connectivity index (χ3v) is 8.46. The van der Waals surface area contributed by atoms with Crippen LogP contribution in [-0.4, -0.2) is 29.9 Å². The minimum atomic E-state index is -0.814. The molecule has 5 rings (SSSR count). The zero-order valence-electron chi connectivity index (χ0n) is 27.7. The van der Waals surface area contributed by atoms with Crippen LogP contribution in [0.3, 0.4) is 0 Å². The van der Waals surface area contributed by atoms with Gasteiger partial charge in [0.1, 0.15) is 24.2 Å². The highest BCUT2D eigenvalue weighted by atomic mass is 32.1. The standard InChI is InChI=1S/C38H39FN2O6S/c1-7-13-27-18-26(20-31(44-8-2)35(27)46-22-25-14-12-15-28(39)19-25)21-32-36(42)41-34(29-16-10-11-17-30(29)47-23(4)5)33(37(43)45-9-3)24(6)40-38(41)48-32/h7,10-12,14-21,23,34H,1,8-9,13,22H2,2-6H3/b32-21+/t34-/m1/s1. The van der Waals surface area contributed by atoms with Gasteiger partial charge < -0.3 is 18.9 Å². The highest BCUT2D eigenvalue weighted by Crippen LogP contribution is 2.37. The number of rotatable bonds is 13. The molecule has 0 spiro atoms. The van der Waals surface area contributed by atoms with Crippen molar-refractivity contribution in [1.82, 2.24) is 4.57 Å². The normalized spacial score (nSPS) is 14.4. The van der Waals surface area contributed by atoms with Crippen LogP contribution in [0.4, 0.5) is 4.39 Å². The average Bonchev–Trinajstić information content (AvgIpc) is 3.34. The lowest BCUT2D eigenvalue weighted by Gasteiger charge is -2.26. The van der Waals surface area contributed by atoms with Crippen LogP contribution in [0, 0.1) is 5.82 Å². The van der Waals surface area contributed by atoms with Gasteiger partial charge in [0.05, 0.1) is 35.1 Å². The average molecular weight is 671 g/mol. The van der Waals surface area contributed by atoms with Gasteiger partial charge in [-0.05, 0) is 88.6 Å². The summed E-state index contributed by atoms with van der Waals surface area (Å²) in [5.41, 5.74) is 3.28. The number of halogens is 1. The SMILES string of the molecule is C=CCc1cc(/C=c2/sc3n(c2=O)[C@H](c2ccccc2OC(C)C)C(C(=O)OCC)=C(C)N=3)cc(OCC)c1OCc1cccc(F)c1. The van der Waals surface area contributed by atoms with Crippen molar-refractivity contribution >= 4 is 23.4 Å². The molecule has 0 aliphatic carbocycles. The maximum absolute atomic E-state index is 14.3. The first-order chi connectivity index (χ1) is 23.1. The summed E-state index contributed by atoms with van der Waals surface area (Å²) in [7, 11) is 0. The molecule has 0 unspecified atom stereocenters. The number of aromatic nitrogens is 1. The molecule has 1 aromatic heterocycles. The molecule has 3 aromatic carbocycles. The summed E-state index contributed by atoms with van der Waals surface area (Å²) in [4.78, 5) is 32.8. The smallest absolute Gasteiger partial charge is 0.338 e. The van der Waals surface area contributed by atoms with Gasteiger partial charge in [-0.15, -0.1) is 6.58 Å².